The smallest absolute Gasteiger partial charge is 0.154 e. The molecule has 0 bridgehead atoms. The monoisotopic (exact) mass is 263 g/mol. The Morgan fingerprint density at radius 3 is 3.00 bits per heavy atom. The maximum Gasteiger partial charge on any atom is 0.154 e. The van der Waals surface area contributed by atoms with Gasteiger partial charge in [0, 0.05) is 6.26 Å². The van der Waals surface area contributed by atoms with Gasteiger partial charge in [-0.2, -0.15) is 0 Å². The van der Waals surface area contributed by atoms with Crippen LogP contribution in [0.4, 0.5) is 4.39 Å². The van der Waals surface area contributed by atoms with Crippen molar-refractivity contribution in [1.29, 1.82) is 0 Å². The number of fused-ring (bicyclic) bond motifs is 1. The van der Waals surface area contributed by atoms with Gasteiger partial charge in [-0.3, -0.25) is 0 Å². The summed E-state index contributed by atoms with van der Waals surface area (Å²) in [4.78, 5) is 0.266. The van der Waals surface area contributed by atoms with Gasteiger partial charge in [0.05, 0.1) is 25.6 Å². The standard InChI is InChI=1S/C8H7BrFNOS/c1-13(12)8-5(4-11-13)2-3-6(9)7(8)10/h2-3H,4H2,1H3. The molecule has 1 heterocycles. The van der Waals surface area contributed by atoms with Crippen LogP contribution in [0.1, 0.15) is 5.56 Å². The Hall–Kier alpha value is -0.420. The predicted octanol–water partition coefficient (Wildman–Crippen LogP) is 2.56. The predicted molar refractivity (Wildman–Crippen MR) is 52.6 cm³/mol. The normalized spacial score (nSPS) is 25.5. The Labute approximate surface area is 84.5 Å². The van der Waals surface area contributed by atoms with E-state index in [1.165, 1.54) is 6.26 Å². The quantitative estimate of drug-likeness (QED) is 0.708. The van der Waals surface area contributed by atoms with Gasteiger partial charge in [-0.1, -0.05) is 6.07 Å². The van der Waals surface area contributed by atoms with Crippen molar-refractivity contribution in [3.63, 3.8) is 0 Å². The summed E-state index contributed by atoms with van der Waals surface area (Å²) in [7, 11) is -2.49. The van der Waals surface area contributed by atoms with Crippen LogP contribution in [0.25, 0.3) is 0 Å². The Bertz CT molecular complexity index is 491. The molecule has 1 unspecified atom stereocenters. The van der Waals surface area contributed by atoms with Gasteiger partial charge in [0.1, 0.15) is 0 Å². The van der Waals surface area contributed by atoms with E-state index in [2.05, 4.69) is 20.3 Å². The molecule has 1 aliphatic heterocycles. The van der Waals surface area contributed by atoms with Crippen LogP contribution in [0.2, 0.25) is 0 Å². The molecule has 0 amide bonds. The number of nitrogens with zero attached hydrogens (tertiary/aromatic N) is 1. The number of hydrogen-bond donors (Lipinski definition) is 0. The van der Waals surface area contributed by atoms with Gasteiger partial charge in [0.15, 0.2) is 5.82 Å². The van der Waals surface area contributed by atoms with E-state index in [9.17, 15) is 8.60 Å². The number of benzene rings is 1. The topological polar surface area (TPSA) is 29.4 Å². The van der Waals surface area contributed by atoms with Crippen LogP contribution >= 0.6 is 15.9 Å². The highest BCUT2D eigenvalue weighted by atomic mass is 79.9. The zero-order valence-corrected chi connectivity index (χ0v) is 9.28. The van der Waals surface area contributed by atoms with Crippen molar-refractivity contribution in [2.75, 3.05) is 6.26 Å². The highest BCUT2D eigenvalue weighted by Gasteiger charge is 2.23. The van der Waals surface area contributed by atoms with E-state index in [1.807, 2.05) is 0 Å². The fraction of sp³-hybridized carbons (Fsp3) is 0.250. The molecule has 1 atom stereocenters. The summed E-state index contributed by atoms with van der Waals surface area (Å²) in [6, 6.07) is 3.37. The Kier molecular flexibility index (Phi) is 1.96. The van der Waals surface area contributed by atoms with Crippen LogP contribution in [0.3, 0.4) is 0 Å². The van der Waals surface area contributed by atoms with Crippen LogP contribution < -0.4 is 0 Å². The largest absolute Gasteiger partial charge is 0.245 e. The lowest BCUT2D eigenvalue weighted by Gasteiger charge is -2.03. The van der Waals surface area contributed by atoms with Crippen LogP contribution in [0, 0.1) is 5.82 Å². The molecule has 1 aromatic carbocycles. The van der Waals surface area contributed by atoms with E-state index < -0.39 is 15.5 Å². The first-order valence-corrected chi connectivity index (χ1v) is 6.39. The average molecular weight is 264 g/mol. The molecule has 0 radical (unpaired) electrons. The minimum Gasteiger partial charge on any atom is -0.245 e. The first-order chi connectivity index (χ1) is 6.02. The summed E-state index contributed by atoms with van der Waals surface area (Å²) in [5.74, 6) is -0.439. The number of halogens is 2. The van der Waals surface area contributed by atoms with E-state index in [0.29, 0.717) is 11.0 Å². The minimum absolute atomic E-state index is 0.266. The van der Waals surface area contributed by atoms with Crippen LogP contribution in [-0.2, 0) is 16.3 Å². The highest BCUT2D eigenvalue weighted by molar-refractivity contribution is 9.10. The molecule has 0 aromatic heterocycles. The van der Waals surface area contributed by atoms with Gasteiger partial charge >= 0.3 is 0 Å². The summed E-state index contributed by atoms with van der Waals surface area (Å²) in [5, 5.41) is 0. The van der Waals surface area contributed by atoms with Crippen molar-refractivity contribution < 1.29 is 8.60 Å². The second kappa shape index (κ2) is 2.78. The number of hydrogen-bond acceptors (Lipinski definition) is 2. The molecule has 2 rings (SSSR count). The molecule has 1 aromatic rings. The van der Waals surface area contributed by atoms with E-state index in [4.69, 9.17) is 0 Å². The lowest BCUT2D eigenvalue weighted by atomic mass is 10.2. The maximum absolute atomic E-state index is 13.5. The first-order valence-electron chi connectivity index (χ1n) is 3.67. The highest BCUT2D eigenvalue weighted by Crippen LogP contribution is 2.32. The number of rotatable bonds is 0. The van der Waals surface area contributed by atoms with Crippen molar-refractivity contribution in [3.05, 3.63) is 28.0 Å². The average Bonchev–Trinajstić information content (AvgIpc) is 2.35. The van der Waals surface area contributed by atoms with E-state index in [-0.39, 0.29) is 4.90 Å². The fourth-order valence-electron chi connectivity index (χ4n) is 1.36. The van der Waals surface area contributed by atoms with Gasteiger partial charge < -0.3 is 0 Å². The van der Waals surface area contributed by atoms with Crippen LogP contribution in [0.15, 0.2) is 25.9 Å². The third-order valence-corrected chi connectivity index (χ3v) is 4.42. The summed E-state index contributed by atoms with van der Waals surface area (Å²) in [6.45, 7) is 0.356. The summed E-state index contributed by atoms with van der Waals surface area (Å²) >= 11 is 3.06. The Morgan fingerprint density at radius 2 is 2.31 bits per heavy atom. The molecule has 0 aliphatic carbocycles. The molecule has 0 spiro atoms. The van der Waals surface area contributed by atoms with E-state index >= 15 is 0 Å². The van der Waals surface area contributed by atoms with Gasteiger partial charge in [0.25, 0.3) is 0 Å². The zero-order chi connectivity index (χ0) is 9.64. The molecule has 0 saturated carbocycles. The van der Waals surface area contributed by atoms with E-state index in [1.54, 1.807) is 12.1 Å². The van der Waals surface area contributed by atoms with Crippen molar-refractivity contribution in [2.45, 2.75) is 11.4 Å². The minimum atomic E-state index is -2.49. The summed E-state index contributed by atoms with van der Waals surface area (Å²) < 4.78 is 29.5. The van der Waals surface area contributed by atoms with Gasteiger partial charge in [0.2, 0.25) is 0 Å². The lowest BCUT2D eigenvalue weighted by Crippen LogP contribution is -1.99. The molecule has 1 aliphatic rings. The van der Waals surface area contributed by atoms with E-state index in [0.717, 1.165) is 5.56 Å². The lowest BCUT2D eigenvalue weighted by molar-refractivity contribution is 0.587. The molecule has 13 heavy (non-hydrogen) atoms. The molecule has 0 saturated heterocycles. The van der Waals surface area contributed by atoms with Crippen LogP contribution in [0.5, 0.6) is 0 Å². The second-order valence-corrected chi connectivity index (χ2v) is 6.07. The summed E-state index contributed by atoms with van der Waals surface area (Å²) in [6.07, 6.45) is 1.47. The third-order valence-electron chi connectivity index (χ3n) is 1.99. The van der Waals surface area contributed by atoms with Gasteiger partial charge in [-0.15, -0.1) is 0 Å². The van der Waals surface area contributed by atoms with Crippen LogP contribution in [-0.4, -0.2) is 10.5 Å². The molecular weight excluding hydrogens is 257 g/mol. The molecular formula is C8H7BrFNOS. The summed E-state index contributed by atoms with van der Waals surface area (Å²) in [5.41, 5.74) is 0.730. The molecule has 0 fully saturated rings. The van der Waals surface area contributed by atoms with Crippen molar-refractivity contribution in [2.24, 2.45) is 4.36 Å². The van der Waals surface area contributed by atoms with Crippen molar-refractivity contribution in [1.82, 2.24) is 0 Å². The zero-order valence-electron chi connectivity index (χ0n) is 6.88. The van der Waals surface area contributed by atoms with Crippen molar-refractivity contribution in [3.8, 4) is 0 Å². The molecule has 5 heteroatoms. The van der Waals surface area contributed by atoms with Gasteiger partial charge in [-0.05, 0) is 27.6 Å². The van der Waals surface area contributed by atoms with Gasteiger partial charge in [-0.25, -0.2) is 13.0 Å². The fourth-order valence-corrected chi connectivity index (χ4v) is 3.40. The third kappa shape index (κ3) is 1.30. The molecule has 0 N–H and O–H groups in total. The maximum atomic E-state index is 13.5. The van der Waals surface area contributed by atoms with Crippen molar-refractivity contribution >= 4 is 25.7 Å². The molecule has 70 valence electrons. The Balaban J connectivity index is 2.84. The first kappa shape index (κ1) is 9.15. The molecule has 2 nitrogen and oxygen atoms in total. The second-order valence-electron chi connectivity index (χ2n) is 2.94. The Morgan fingerprint density at radius 1 is 1.62 bits per heavy atom. The SMILES string of the molecule is CS1(=O)=NCc2ccc(Br)c(F)c21.